The molecule has 0 saturated carbocycles. The van der Waals surface area contributed by atoms with Crippen LogP contribution in [0.1, 0.15) is 16.0 Å². The Morgan fingerprint density at radius 1 is 1.22 bits per heavy atom. The summed E-state index contributed by atoms with van der Waals surface area (Å²) in [5.74, 6) is 2.44. The quantitative estimate of drug-likeness (QED) is 0.376. The highest BCUT2D eigenvalue weighted by atomic mass is 127. The molecule has 3 heterocycles. The van der Waals surface area contributed by atoms with E-state index in [2.05, 4.69) is 32.0 Å². The zero-order valence-corrected chi connectivity index (χ0v) is 18.5. The first-order valence-electron chi connectivity index (χ1n) is 8.92. The zero-order chi connectivity index (χ0) is 17.8. The van der Waals surface area contributed by atoms with Crippen LogP contribution in [0.3, 0.4) is 0 Å². The van der Waals surface area contributed by atoms with E-state index in [1.807, 2.05) is 29.5 Å². The predicted octanol–water partition coefficient (Wildman–Crippen LogP) is 2.82. The maximum atomic E-state index is 5.42. The summed E-state index contributed by atoms with van der Waals surface area (Å²) in [6, 6.07) is 8.25. The third-order valence-electron chi connectivity index (χ3n) is 4.73. The fourth-order valence-electron chi connectivity index (χ4n) is 3.29. The van der Waals surface area contributed by atoms with Crippen molar-refractivity contribution >= 4 is 41.3 Å². The second-order valence-electron chi connectivity index (χ2n) is 6.44. The number of thiophene rings is 1. The number of halogens is 1. The molecule has 146 valence electrons. The summed E-state index contributed by atoms with van der Waals surface area (Å²) >= 11 is 1.88. The summed E-state index contributed by atoms with van der Waals surface area (Å²) < 4.78 is 10.8. The van der Waals surface area contributed by atoms with Crippen molar-refractivity contribution in [2.75, 3.05) is 33.5 Å². The van der Waals surface area contributed by atoms with Crippen molar-refractivity contribution in [3.05, 3.63) is 45.6 Å². The first kappa shape index (κ1) is 20.2. The standard InChI is InChI=1S/C19H24N4O2S.HI/c1-20-19(22-11-14-2-3-16-17(10-14)25-13-24-16)21-6-8-23-7-4-18-15(12-23)5-9-26-18;/h2-3,5,9-10H,4,6-8,11-13H2,1H3,(H2,20,21,22);1H. The Morgan fingerprint density at radius 2 is 2.11 bits per heavy atom. The smallest absolute Gasteiger partial charge is 0.231 e. The minimum absolute atomic E-state index is 0. The van der Waals surface area contributed by atoms with E-state index in [4.69, 9.17) is 9.47 Å². The lowest BCUT2D eigenvalue weighted by molar-refractivity contribution is 0.174. The van der Waals surface area contributed by atoms with Gasteiger partial charge in [-0.1, -0.05) is 6.07 Å². The van der Waals surface area contributed by atoms with Crippen molar-refractivity contribution in [2.45, 2.75) is 19.5 Å². The van der Waals surface area contributed by atoms with Crippen LogP contribution in [0.25, 0.3) is 0 Å². The van der Waals surface area contributed by atoms with E-state index in [0.717, 1.165) is 49.2 Å². The SMILES string of the molecule is CN=C(NCCN1CCc2sccc2C1)NCc1ccc2c(c1)OCO2.I. The lowest BCUT2D eigenvalue weighted by Gasteiger charge is -2.27. The highest BCUT2D eigenvalue weighted by Gasteiger charge is 2.16. The number of nitrogens with one attached hydrogen (secondary N) is 2. The lowest BCUT2D eigenvalue weighted by atomic mass is 10.1. The van der Waals surface area contributed by atoms with Gasteiger partial charge < -0.3 is 20.1 Å². The van der Waals surface area contributed by atoms with E-state index >= 15 is 0 Å². The Labute approximate surface area is 181 Å². The topological polar surface area (TPSA) is 58.1 Å². The second-order valence-corrected chi connectivity index (χ2v) is 7.44. The summed E-state index contributed by atoms with van der Waals surface area (Å²) in [5.41, 5.74) is 2.63. The number of nitrogens with zero attached hydrogens (tertiary/aromatic N) is 2. The maximum absolute atomic E-state index is 5.42. The van der Waals surface area contributed by atoms with Gasteiger partial charge in [0.15, 0.2) is 17.5 Å². The van der Waals surface area contributed by atoms with Crippen molar-refractivity contribution in [1.29, 1.82) is 0 Å². The van der Waals surface area contributed by atoms with E-state index in [9.17, 15) is 0 Å². The third kappa shape index (κ3) is 5.05. The van der Waals surface area contributed by atoms with Gasteiger partial charge in [0, 0.05) is 44.6 Å². The number of rotatable bonds is 5. The number of hydrogen-bond donors (Lipinski definition) is 2. The molecular weight excluding hydrogens is 475 g/mol. The van der Waals surface area contributed by atoms with Gasteiger partial charge in [-0.3, -0.25) is 9.89 Å². The van der Waals surface area contributed by atoms with Gasteiger partial charge >= 0.3 is 0 Å². The molecule has 0 radical (unpaired) electrons. The molecule has 2 aliphatic rings. The molecule has 8 heteroatoms. The number of ether oxygens (including phenoxy) is 2. The van der Waals surface area contributed by atoms with Crippen molar-refractivity contribution in [3.8, 4) is 11.5 Å². The van der Waals surface area contributed by atoms with Crippen LogP contribution in [0.15, 0.2) is 34.6 Å². The summed E-state index contributed by atoms with van der Waals surface area (Å²) in [6.45, 7) is 5.08. The zero-order valence-electron chi connectivity index (χ0n) is 15.4. The summed E-state index contributed by atoms with van der Waals surface area (Å²) in [5, 5.41) is 8.96. The molecule has 0 amide bonds. The monoisotopic (exact) mass is 500 g/mol. The number of guanidine groups is 1. The first-order chi connectivity index (χ1) is 12.8. The molecular formula is C19H25IN4O2S. The normalized spacial score (nSPS) is 15.8. The molecule has 0 saturated heterocycles. The minimum Gasteiger partial charge on any atom is -0.454 e. The van der Waals surface area contributed by atoms with Gasteiger partial charge in [-0.25, -0.2) is 0 Å². The van der Waals surface area contributed by atoms with Crippen molar-refractivity contribution in [1.82, 2.24) is 15.5 Å². The second kappa shape index (κ2) is 9.61. The largest absolute Gasteiger partial charge is 0.454 e. The van der Waals surface area contributed by atoms with Crippen molar-refractivity contribution < 1.29 is 9.47 Å². The van der Waals surface area contributed by atoms with Crippen LogP contribution in [0, 0.1) is 0 Å². The Balaban J connectivity index is 0.00000210. The molecule has 2 N–H and O–H groups in total. The third-order valence-corrected chi connectivity index (χ3v) is 5.75. The van der Waals surface area contributed by atoms with Crippen LogP contribution < -0.4 is 20.1 Å². The van der Waals surface area contributed by atoms with Crippen LogP contribution in [0.4, 0.5) is 0 Å². The number of benzene rings is 1. The average molecular weight is 500 g/mol. The van der Waals surface area contributed by atoms with Crippen LogP contribution in [0.5, 0.6) is 11.5 Å². The molecule has 0 spiro atoms. The summed E-state index contributed by atoms with van der Waals surface area (Å²) in [7, 11) is 1.80. The molecule has 2 aliphatic heterocycles. The maximum Gasteiger partial charge on any atom is 0.231 e. The molecule has 0 unspecified atom stereocenters. The van der Waals surface area contributed by atoms with E-state index in [0.29, 0.717) is 13.3 Å². The van der Waals surface area contributed by atoms with Crippen LogP contribution in [0.2, 0.25) is 0 Å². The molecule has 0 atom stereocenters. The minimum atomic E-state index is 0. The molecule has 2 aromatic rings. The van der Waals surface area contributed by atoms with Gasteiger partial charge in [0.25, 0.3) is 0 Å². The fourth-order valence-corrected chi connectivity index (χ4v) is 4.18. The summed E-state index contributed by atoms with van der Waals surface area (Å²) in [4.78, 5) is 8.35. The fraction of sp³-hybridized carbons (Fsp3) is 0.421. The van der Waals surface area contributed by atoms with Crippen molar-refractivity contribution in [3.63, 3.8) is 0 Å². The van der Waals surface area contributed by atoms with Gasteiger partial charge in [-0.2, -0.15) is 0 Å². The van der Waals surface area contributed by atoms with E-state index < -0.39 is 0 Å². The van der Waals surface area contributed by atoms with E-state index in [1.54, 1.807) is 11.9 Å². The predicted molar refractivity (Wildman–Crippen MR) is 119 cm³/mol. The Morgan fingerprint density at radius 3 is 3.00 bits per heavy atom. The molecule has 6 nitrogen and oxygen atoms in total. The number of aliphatic imine (C=N–C) groups is 1. The molecule has 27 heavy (non-hydrogen) atoms. The Bertz CT molecular complexity index is 796. The molecule has 0 fully saturated rings. The molecule has 1 aromatic carbocycles. The average Bonchev–Trinajstić information content (AvgIpc) is 3.32. The summed E-state index contributed by atoms with van der Waals surface area (Å²) in [6.07, 6.45) is 1.17. The van der Waals surface area contributed by atoms with E-state index in [-0.39, 0.29) is 24.0 Å². The highest BCUT2D eigenvalue weighted by molar-refractivity contribution is 14.0. The first-order valence-corrected chi connectivity index (χ1v) is 9.80. The molecule has 0 bridgehead atoms. The molecule has 0 aliphatic carbocycles. The Kier molecular flexibility index (Phi) is 7.20. The molecule has 1 aromatic heterocycles. The van der Waals surface area contributed by atoms with Crippen LogP contribution >= 0.6 is 35.3 Å². The number of hydrogen-bond acceptors (Lipinski definition) is 5. The van der Waals surface area contributed by atoms with Gasteiger partial charge in [0.1, 0.15) is 0 Å². The van der Waals surface area contributed by atoms with Crippen LogP contribution in [-0.4, -0.2) is 44.3 Å². The van der Waals surface area contributed by atoms with Crippen molar-refractivity contribution in [2.24, 2.45) is 4.99 Å². The van der Waals surface area contributed by atoms with Gasteiger partial charge in [-0.05, 0) is 41.1 Å². The Hall–Kier alpha value is -1.52. The lowest BCUT2D eigenvalue weighted by Crippen LogP contribution is -2.42. The molecule has 4 rings (SSSR count). The van der Waals surface area contributed by atoms with E-state index in [1.165, 1.54) is 12.0 Å². The highest BCUT2D eigenvalue weighted by Crippen LogP contribution is 2.32. The van der Waals surface area contributed by atoms with Gasteiger partial charge in [-0.15, -0.1) is 35.3 Å². The van der Waals surface area contributed by atoms with Gasteiger partial charge in [0.05, 0.1) is 0 Å². The number of fused-ring (bicyclic) bond motifs is 2. The van der Waals surface area contributed by atoms with Crippen LogP contribution in [-0.2, 0) is 19.5 Å². The van der Waals surface area contributed by atoms with Gasteiger partial charge in [0.2, 0.25) is 6.79 Å².